The molecular formula is C13H15F2N3. The van der Waals surface area contributed by atoms with Crippen molar-refractivity contribution in [1.82, 2.24) is 14.9 Å². The molecule has 1 aromatic carbocycles. The van der Waals surface area contributed by atoms with Gasteiger partial charge in [-0.15, -0.1) is 0 Å². The predicted molar refractivity (Wildman–Crippen MR) is 65.6 cm³/mol. The lowest BCUT2D eigenvalue weighted by Crippen LogP contribution is -2.13. The van der Waals surface area contributed by atoms with Crippen LogP contribution in [0.5, 0.6) is 0 Å². The minimum atomic E-state index is -0.580. The second-order valence-corrected chi connectivity index (χ2v) is 4.03. The van der Waals surface area contributed by atoms with Crippen LogP contribution in [0, 0.1) is 18.6 Å². The number of aryl methyl sites for hydroxylation is 1. The van der Waals surface area contributed by atoms with E-state index in [0.29, 0.717) is 17.9 Å². The van der Waals surface area contributed by atoms with Crippen molar-refractivity contribution >= 4 is 0 Å². The molecule has 1 aromatic heterocycles. The lowest BCUT2D eigenvalue weighted by molar-refractivity contribution is 0.561. The molecule has 0 fully saturated rings. The van der Waals surface area contributed by atoms with Crippen LogP contribution in [-0.4, -0.2) is 16.1 Å². The summed E-state index contributed by atoms with van der Waals surface area (Å²) in [5.74, 6) is -0.611. The molecule has 1 N–H and O–H groups in total. The van der Waals surface area contributed by atoms with Gasteiger partial charge in [-0.3, -0.25) is 4.57 Å². The van der Waals surface area contributed by atoms with Crippen LogP contribution in [0.15, 0.2) is 24.5 Å². The zero-order valence-electron chi connectivity index (χ0n) is 10.4. The first kappa shape index (κ1) is 12.7. The standard InChI is InChI=1S/C13H15F2N3/c1-3-16-8-10-6-11(14)13(12(15)7-10)18-5-4-17-9(18)2/h4-7,16H,3,8H2,1-2H3. The highest BCUT2D eigenvalue weighted by atomic mass is 19.1. The first-order valence-corrected chi connectivity index (χ1v) is 5.82. The Morgan fingerprint density at radius 2 is 1.94 bits per heavy atom. The molecule has 1 heterocycles. The van der Waals surface area contributed by atoms with E-state index in [4.69, 9.17) is 0 Å². The Balaban J connectivity index is 2.41. The second kappa shape index (κ2) is 5.27. The van der Waals surface area contributed by atoms with Crippen molar-refractivity contribution in [3.8, 4) is 5.69 Å². The van der Waals surface area contributed by atoms with Gasteiger partial charge < -0.3 is 5.32 Å². The fraction of sp³-hybridized carbons (Fsp3) is 0.308. The number of rotatable bonds is 4. The highest BCUT2D eigenvalue weighted by molar-refractivity contribution is 5.39. The molecule has 0 unspecified atom stereocenters. The molecule has 0 atom stereocenters. The van der Waals surface area contributed by atoms with Crippen LogP contribution in [0.2, 0.25) is 0 Å². The number of hydrogen-bond acceptors (Lipinski definition) is 2. The number of imidazole rings is 1. The van der Waals surface area contributed by atoms with E-state index in [1.165, 1.54) is 22.9 Å². The average molecular weight is 251 g/mol. The SMILES string of the molecule is CCNCc1cc(F)c(-n2ccnc2C)c(F)c1. The molecule has 18 heavy (non-hydrogen) atoms. The maximum atomic E-state index is 14.0. The van der Waals surface area contributed by atoms with Gasteiger partial charge in [-0.2, -0.15) is 0 Å². The second-order valence-electron chi connectivity index (χ2n) is 4.03. The first-order chi connectivity index (χ1) is 8.63. The lowest BCUT2D eigenvalue weighted by Gasteiger charge is -2.10. The van der Waals surface area contributed by atoms with Crippen molar-refractivity contribution in [3.05, 3.63) is 47.5 Å². The molecule has 0 saturated carbocycles. The summed E-state index contributed by atoms with van der Waals surface area (Å²) in [6.07, 6.45) is 3.06. The van der Waals surface area contributed by atoms with Gasteiger partial charge in [-0.1, -0.05) is 6.92 Å². The van der Waals surface area contributed by atoms with Crippen molar-refractivity contribution in [3.63, 3.8) is 0 Å². The summed E-state index contributed by atoms with van der Waals surface area (Å²) in [7, 11) is 0. The largest absolute Gasteiger partial charge is 0.313 e. The third kappa shape index (κ3) is 2.41. The number of benzene rings is 1. The van der Waals surface area contributed by atoms with Crippen molar-refractivity contribution in [2.75, 3.05) is 6.54 Å². The number of nitrogens with one attached hydrogen (secondary N) is 1. The molecule has 0 aliphatic heterocycles. The Kier molecular flexibility index (Phi) is 3.72. The maximum Gasteiger partial charge on any atom is 0.150 e. The third-order valence-electron chi connectivity index (χ3n) is 2.72. The molecule has 0 spiro atoms. The molecule has 2 aromatic rings. The van der Waals surface area contributed by atoms with E-state index in [9.17, 15) is 8.78 Å². The Labute approximate surface area is 104 Å². The van der Waals surface area contributed by atoms with E-state index in [-0.39, 0.29) is 5.69 Å². The van der Waals surface area contributed by atoms with Crippen molar-refractivity contribution in [2.45, 2.75) is 20.4 Å². The predicted octanol–water partition coefficient (Wildman–Crippen LogP) is 2.57. The van der Waals surface area contributed by atoms with Crippen LogP contribution < -0.4 is 5.32 Å². The van der Waals surface area contributed by atoms with Gasteiger partial charge >= 0.3 is 0 Å². The number of nitrogens with zero attached hydrogens (tertiary/aromatic N) is 2. The fourth-order valence-electron chi connectivity index (χ4n) is 1.83. The number of aromatic nitrogens is 2. The topological polar surface area (TPSA) is 29.9 Å². The van der Waals surface area contributed by atoms with Crippen LogP contribution in [0.25, 0.3) is 5.69 Å². The molecule has 0 aliphatic rings. The minimum Gasteiger partial charge on any atom is -0.313 e. The summed E-state index contributed by atoms with van der Waals surface area (Å²) < 4.78 is 29.3. The summed E-state index contributed by atoms with van der Waals surface area (Å²) in [5, 5.41) is 3.03. The van der Waals surface area contributed by atoms with Crippen LogP contribution in [0.1, 0.15) is 18.3 Å². The first-order valence-electron chi connectivity index (χ1n) is 5.82. The Bertz CT molecular complexity index is 526. The Morgan fingerprint density at radius 1 is 1.28 bits per heavy atom. The maximum absolute atomic E-state index is 14.0. The van der Waals surface area contributed by atoms with E-state index in [0.717, 1.165) is 6.54 Å². The molecule has 3 nitrogen and oxygen atoms in total. The smallest absolute Gasteiger partial charge is 0.150 e. The van der Waals surface area contributed by atoms with Crippen molar-refractivity contribution in [1.29, 1.82) is 0 Å². The fourth-order valence-corrected chi connectivity index (χ4v) is 1.83. The summed E-state index contributed by atoms with van der Waals surface area (Å²) in [6.45, 7) is 4.85. The summed E-state index contributed by atoms with van der Waals surface area (Å²) in [6, 6.07) is 2.70. The van der Waals surface area contributed by atoms with Gasteiger partial charge in [0.25, 0.3) is 0 Å². The molecule has 96 valence electrons. The summed E-state index contributed by atoms with van der Waals surface area (Å²) >= 11 is 0. The highest BCUT2D eigenvalue weighted by Crippen LogP contribution is 2.21. The summed E-state index contributed by atoms with van der Waals surface area (Å²) in [5.41, 5.74) is 0.513. The molecule has 5 heteroatoms. The Hall–Kier alpha value is -1.75. The minimum absolute atomic E-state index is 0.0785. The molecule has 2 rings (SSSR count). The van der Waals surface area contributed by atoms with Gasteiger partial charge in [0.2, 0.25) is 0 Å². The van der Waals surface area contributed by atoms with Crippen LogP contribution in [0.4, 0.5) is 8.78 Å². The number of hydrogen-bond donors (Lipinski definition) is 1. The van der Waals surface area contributed by atoms with Gasteiger partial charge in [0.05, 0.1) is 0 Å². The summed E-state index contributed by atoms with van der Waals surface area (Å²) in [4.78, 5) is 3.96. The van der Waals surface area contributed by atoms with Gasteiger partial charge in [-0.05, 0) is 31.2 Å². The highest BCUT2D eigenvalue weighted by Gasteiger charge is 2.14. The van der Waals surface area contributed by atoms with Crippen molar-refractivity contribution in [2.24, 2.45) is 0 Å². The van der Waals surface area contributed by atoms with Crippen LogP contribution in [-0.2, 0) is 6.54 Å². The third-order valence-corrected chi connectivity index (χ3v) is 2.72. The van der Waals surface area contributed by atoms with E-state index >= 15 is 0 Å². The molecule has 0 amide bonds. The van der Waals surface area contributed by atoms with Crippen LogP contribution in [0.3, 0.4) is 0 Å². The molecule has 0 saturated heterocycles. The van der Waals surface area contributed by atoms with Gasteiger partial charge in [0.15, 0.2) is 11.6 Å². The molecular weight excluding hydrogens is 236 g/mol. The van der Waals surface area contributed by atoms with E-state index in [1.807, 2.05) is 6.92 Å². The van der Waals surface area contributed by atoms with Crippen molar-refractivity contribution < 1.29 is 8.78 Å². The monoisotopic (exact) mass is 251 g/mol. The number of halogens is 2. The van der Waals surface area contributed by atoms with E-state index in [2.05, 4.69) is 10.3 Å². The van der Waals surface area contributed by atoms with Gasteiger partial charge in [-0.25, -0.2) is 13.8 Å². The lowest BCUT2D eigenvalue weighted by atomic mass is 10.1. The molecule has 0 radical (unpaired) electrons. The molecule has 0 aliphatic carbocycles. The van der Waals surface area contributed by atoms with Gasteiger partial charge in [0.1, 0.15) is 11.5 Å². The zero-order valence-corrected chi connectivity index (χ0v) is 10.4. The zero-order chi connectivity index (χ0) is 13.1. The van der Waals surface area contributed by atoms with E-state index < -0.39 is 11.6 Å². The van der Waals surface area contributed by atoms with Crippen LogP contribution >= 0.6 is 0 Å². The van der Waals surface area contributed by atoms with Gasteiger partial charge in [0, 0.05) is 18.9 Å². The molecule has 0 bridgehead atoms. The van der Waals surface area contributed by atoms with E-state index in [1.54, 1.807) is 13.1 Å². The normalized spacial score (nSPS) is 10.9. The Morgan fingerprint density at radius 3 is 2.44 bits per heavy atom. The quantitative estimate of drug-likeness (QED) is 0.905. The average Bonchev–Trinajstić information content (AvgIpc) is 2.72.